The highest BCUT2D eigenvalue weighted by molar-refractivity contribution is 14.0. The molecule has 1 aromatic rings. The number of hydrogen-bond acceptors (Lipinski definition) is 5. The zero-order valence-corrected chi connectivity index (χ0v) is 21.2. The van der Waals surface area contributed by atoms with Crippen LogP contribution in [0.5, 0.6) is 0 Å². The summed E-state index contributed by atoms with van der Waals surface area (Å²) < 4.78 is 22.6. The molecule has 2 rings (SSSR count). The fourth-order valence-corrected chi connectivity index (χ4v) is 3.89. The molecule has 0 spiro atoms. The second-order valence-electron chi connectivity index (χ2n) is 7.79. The Bertz CT molecular complexity index is 732. The first kappa shape index (κ1) is 26.1. The van der Waals surface area contributed by atoms with Gasteiger partial charge in [0.25, 0.3) is 0 Å². The molecule has 1 aliphatic rings. The summed E-state index contributed by atoms with van der Waals surface area (Å²) in [5.74, 6) is 0.856. The van der Waals surface area contributed by atoms with E-state index >= 15 is 0 Å². The van der Waals surface area contributed by atoms with Gasteiger partial charge in [0.1, 0.15) is 9.84 Å². The molecule has 0 amide bonds. The number of hydrogen-bond donors (Lipinski definition) is 2. The van der Waals surface area contributed by atoms with Gasteiger partial charge in [-0.1, -0.05) is 24.3 Å². The monoisotopic (exact) mass is 537 g/mol. The zero-order valence-electron chi connectivity index (χ0n) is 18.0. The lowest BCUT2D eigenvalue weighted by Gasteiger charge is -2.32. The maximum Gasteiger partial charge on any atom is 0.191 e. The van der Waals surface area contributed by atoms with Crippen LogP contribution in [0.25, 0.3) is 0 Å². The van der Waals surface area contributed by atoms with Gasteiger partial charge in [0.2, 0.25) is 0 Å². The minimum absolute atomic E-state index is 0. The van der Waals surface area contributed by atoms with Crippen LogP contribution in [0.1, 0.15) is 24.5 Å². The number of piperazine rings is 1. The maximum atomic E-state index is 11.3. The first-order valence-corrected chi connectivity index (χ1v) is 11.9. The SMILES string of the molecule is CN=C(NCc1ccc(CN2CCN(C)CC2)cc1)NC(C)CCS(C)(=O)=O.I. The molecule has 1 fully saturated rings. The van der Waals surface area contributed by atoms with E-state index in [1.54, 1.807) is 7.05 Å². The highest BCUT2D eigenvalue weighted by atomic mass is 127. The quantitative estimate of drug-likeness (QED) is 0.298. The third kappa shape index (κ3) is 10.6. The number of guanidine groups is 1. The van der Waals surface area contributed by atoms with Crippen LogP contribution in [-0.2, 0) is 22.9 Å². The Labute approximate surface area is 193 Å². The summed E-state index contributed by atoms with van der Waals surface area (Å²) in [6.45, 7) is 8.16. The van der Waals surface area contributed by atoms with Crippen LogP contribution in [0.15, 0.2) is 29.3 Å². The van der Waals surface area contributed by atoms with Crippen LogP contribution >= 0.6 is 24.0 Å². The highest BCUT2D eigenvalue weighted by Gasteiger charge is 2.14. The number of halogens is 1. The molecule has 166 valence electrons. The van der Waals surface area contributed by atoms with Crippen molar-refractivity contribution in [3.63, 3.8) is 0 Å². The Morgan fingerprint density at radius 3 is 2.28 bits per heavy atom. The second-order valence-corrected chi connectivity index (χ2v) is 10.0. The lowest BCUT2D eigenvalue weighted by Crippen LogP contribution is -2.43. The van der Waals surface area contributed by atoms with Gasteiger partial charge in [0, 0.05) is 58.6 Å². The number of benzene rings is 1. The summed E-state index contributed by atoms with van der Waals surface area (Å²) in [6, 6.07) is 8.73. The molecule has 1 saturated heterocycles. The van der Waals surface area contributed by atoms with E-state index < -0.39 is 9.84 Å². The normalized spacial score (nSPS) is 17.4. The molecule has 0 aliphatic carbocycles. The molecule has 1 heterocycles. The van der Waals surface area contributed by atoms with Gasteiger partial charge in [-0.05, 0) is 31.5 Å². The van der Waals surface area contributed by atoms with Gasteiger partial charge in [-0.2, -0.15) is 0 Å². The van der Waals surface area contributed by atoms with Crippen LogP contribution in [0.4, 0.5) is 0 Å². The zero-order chi connectivity index (χ0) is 20.6. The van der Waals surface area contributed by atoms with E-state index in [0.717, 1.165) is 32.7 Å². The predicted octanol–water partition coefficient (Wildman–Crippen LogP) is 1.54. The average molecular weight is 538 g/mol. The largest absolute Gasteiger partial charge is 0.354 e. The molecule has 1 aromatic carbocycles. The van der Waals surface area contributed by atoms with Gasteiger partial charge in [-0.15, -0.1) is 24.0 Å². The van der Waals surface area contributed by atoms with E-state index in [1.165, 1.54) is 17.4 Å². The van der Waals surface area contributed by atoms with Crippen molar-refractivity contribution in [2.24, 2.45) is 4.99 Å². The van der Waals surface area contributed by atoms with Crippen LogP contribution < -0.4 is 10.6 Å². The first-order valence-electron chi connectivity index (χ1n) is 9.89. The molecule has 1 atom stereocenters. The fourth-order valence-electron chi connectivity index (χ4n) is 3.10. The van der Waals surface area contributed by atoms with E-state index in [9.17, 15) is 8.42 Å². The van der Waals surface area contributed by atoms with Gasteiger partial charge in [0.15, 0.2) is 5.96 Å². The molecule has 9 heteroatoms. The van der Waals surface area contributed by atoms with Crippen molar-refractivity contribution in [3.8, 4) is 0 Å². The minimum Gasteiger partial charge on any atom is -0.354 e. The van der Waals surface area contributed by atoms with E-state index in [2.05, 4.69) is 56.7 Å². The Kier molecular flexibility index (Phi) is 11.4. The standard InChI is InChI=1S/C20H35N5O2S.HI/c1-17(9-14-28(4,26)27)23-20(21-2)22-15-18-5-7-19(8-6-18)16-25-12-10-24(3)11-13-25;/h5-8,17H,9-16H2,1-4H3,(H2,21,22,23);1H. The van der Waals surface area contributed by atoms with Crippen LogP contribution in [0, 0.1) is 0 Å². The van der Waals surface area contributed by atoms with Gasteiger partial charge >= 0.3 is 0 Å². The predicted molar refractivity (Wildman–Crippen MR) is 132 cm³/mol. The number of sulfone groups is 1. The molecule has 0 aromatic heterocycles. The van der Waals surface area contributed by atoms with Gasteiger partial charge in [-0.3, -0.25) is 9.89 Å². The Morgan fingerprint density at radius 1 is 1.14 bits per heavy atom. The number of aliphatic imine (C=N–C) groups is 1. The summed E-state index contributed by atoms with van der Waals surface area (Å²) >= 11 is 0. The van der Waals surface area contributed by atoms with Gasteiger partial charge in [-0.25, -0.2) is 8.42 Å². The highest BCUT2D eigenvalue weighted by Crippen LogP contribution is 2.09. The van der Waals surface area contributed by atoms with E-state index in [4.69, 9.17) is 0 Å². The molecule has 0 saturated carbocycles. The molecular weight excluding hydrogens is 501 g/mol. The molecule has 7 nitrogen and oxygen atoms in total. The molecular formula is C20H36IN5O2S. The van der Waals surface area contributed by atoms with Crippen LogP contribution in [0.3, 0.4) is 0 Å². The van der Waals surface area contributed by atoms with Gasteiger partial charge in [0.05, 0.1) is 5.75 Å². The lowest BCUT2D eigenvalue weighted by molar-refractivity contribution is 0.148. The summed E-state index contributed by atoms with van der Waals surface area (Å²) in [4.78, 5) is 9.09. The summed E-state index contributed by atoms with van der Waals surface area (Å²) in [6.07, 6.45) is 1.82. The minimum atomic E-state index is -2.94. The molecule has 0 radical (unpaired) electrons. The number of nitrogens with one attached hydrogen (secondary N) is 2. The lowest BCUT2D eigenvalue weighted by atomic mass is 10.1. The molecule has 0 bridgehead atoms. The second kappa shape index (κ2) is 12.7. The Morgan fingerprint density at radius 2 is 1.72 bits per heavy atom. The smallest absolute Gasteiger partial charge is 0.191 e. The van der Waals surface area contributed by atoms with E-state index in [0.29, 0.717) is 18.9 Å². The fraction of sp³-hybridized carbons (Fsp3) is 0.650. The summed E-state index contributed by atoms with van der Waals surface area (Å²) in [7, 11) is 0.954. The number of rotatable bonds is 8. The van der Waals surface area contributed by atoms with Crippen molar-refractivity contribution in [2.75, 3.05) is 52.3 Å². The first-order chi connectivity index (χ1) is 13.2. The van der Waals surface area contributed by atoms with E-state index in [1.807, 2.05) is 6.92 Å². The van der Waals surface area contributed by atoms with Crippen molar-refractivity contribution in [3.05, 3.63) is 35.4 Å². The molecule has 1 unspecified atom stereocenters. The van der Waals surface area contributed by atoms with Crippen molar-refractivity contribution in [1.82, 2.24) is 20.4 Å². The van der Waals surface area contributed by atoms with Crippen LogP contribution in [-0.4, -0.2) is 82.5 Å². The Hall–Kier alpha value is -0.910. The van der Waals surface area contributed by atoms with Crippen molar-refractivity contribution >= 4 is 39.8 Å². The van der Waals surface area contributed by atoms with E-state index in [-0.39, 0.29) is 35.8 Å². The maximum absolute atomic E-state index is 11.3. The Balaban J connectivity index is 0.00000420. The topological polar surface area (TPSA) is 77.0 Å². The molecule has 1 aliphatic heterocycles. The van der Waals surface area contributed by atoms with Crippen molar-refractivity contribution in [1.29, 1.82) is 0 Å². The third-order valence-electron chi connectivity index (χ3n) is 5.01. The molecule has 29 heavy (non-hydrogen) atoms. The number of likely N-dealkylation sites (N-methyl/N-ethyl adjacent to an activating group) is 1. The molecule has 2 N–H and O–H groups in total. The third-order valence-corrected chi connectivity index (χ3v) is 5.99. The van der Waals surface area contributed by atoms with Crippen molar-refractivity contribution < 1.29 is 8.42 Å². The van der Waals surface area contributed by atoms with Gasteiger partial charge < -0.3 is 15.5 Å². The van der Waals surface area contributed by atoms with Crippen molar-refractivity contribution in [2.45, 2.75) is 32.5 Å². The summed E-state index contributed by atoms with van der Waals surface area (Å²) in [5.41, 5.74) is 2.53. The van der Waals surface area contributed by atoms with Crippen LogP contribution in [0.2, 0.25) is 0 Å². The number of nitrogens with zero attached hydrogens (tertiary/aromatic N) is 3. The summed E-state index contributed by atoms with van der Waals surface area (Å²) in [5, 5.41) is 6.54. The average Bonchev–Trinajstić information content (AvgIpc) is 2.66.